The SMILES string of the molecule is c1cc2c(c(N3CCNCC3)c1)CN(C1CC1)C2. The van der Waals surface area contributed by atoms with Crippen molar-refractivity contribution in [2.45, 2.75) is 32.0 Å². The molecule has 3 aliphatic rings. The Morgan fingerprint density at radius 2 is 1.89 bits per heavy atom. The number of fused-ring (bicyclic) bond motifs is 1. The molecule has 18 heavy (non-hydrogen) atoms. The lowest BCUT2D eigenvalue weighted by molar-refractivity contribution is 0.273. The van der Waals surface area contributed by atoms with Gasteiger partial charge in [0.25, 0.3) is 0 Å². The van der Waals surface area contributed by atoms with Gasteiger partial charge in [0.2, 0.25) is 0 Å². The molecule has 3 heteroatoms. The minimum Gasteiger partial charge on any atom is -0.369 e. The van der Waals surface area contributed by atoms with Gasteiger partial charge >= 0.3 is 0 Å². The van der Waals surface area contributed by atoms with Crippen molar-refractivity contribution in [3.05, 3.63) is 29.3 Å². The van der Waals surface area contributed by atoms with E-state index in [1.165, 1.54) is 31.6 Å². The molecule has 0 aromatic heterocycles. The smallest absolute Gasteiger partial charge is 0.0416 e. The number of nitrogens with one attached hydrogen (secondary N) is 1. The Hall–Kier alpha value is -1.06. The van der Waals surface area contributed by atoms with Crippen molar-refractivity contribution in [3.8, 4) is 0 Å². The Morgan fingerprint density at radius 3 is 2.67 bits per heavy atom. The number of benzene rings is 1. The second kappa shape index (κ2) is 4.25. The monoisotopic (exact) mass is 243 g/mol. The summed E-state index contributed by atoms with van der Waals surface area (Å²) in [4.78, 5) is 5.22. The topological polar surface area (TPSA) is 18.5 Å². The van der Waals surface area contributed by atoms with Crippen molar-refractivity contribution in [3.63, 3.8) is 0 Å². The Kier molecular flexibility index (Phi) is 2.55. The number of nitrogens with zero attached hydrogens (tertiary/aromatic N) is 2. The fourth-order valence-electron chi connectivity index (χ4n) is 3.33. The molecule has 4 rings (SSSR count). The van der Waals surface area contributed by atoms with E-state index < -0.39 is 0 Å². The van der Waals surface area contributed by atoms with Crippen molar-refractivity contribution in [2.75, 3.05) is 31.1 Å². The van der Waals surface area contributed by atoms with Gasteiger partial charge < -0.3 is 10.2 Å². The lowest BCUT2D eigenvalue weighted by Crippen LogP contribution is -2.43. The predicted octanol–water partition coefficient (Wildman–Crippen LogP) is 1.57. The Bertz CT molecular complexity index is 447. The molecule has 3 nitrogen and oxygen atoms in total. The van der Waals surface area contributed by atoms with Crippen LogP contribution >= 0.6 is 0 Å². The third kappa shape index (κ3) is 1.82. The van der Waals surface area contributed by atoms with Gasteiger partial charge in [-0.15, -0.1) is 0 Å². The van der Waals surface area contributed by atoms with Crippen LogP contribution in [0.3, 0.4) is 0 Å². The fraction of sp³-hybridized carbons (Fsp3) is 0.600. The molecule has 0 radical (unpaired) electrons. The first-order valence-corrected chi connectivity index (χ1v) is 7.22. The van der Waals surface area contributed by atoms with Crippen LogP contribution < -0.4 is 10.2 Å². The van der Waals surface area contributed by atoms with Gasteiger partial charge in [0.15, 0.2) is 0 Å². The third-order valence-electron chi connectivity index (χ3n) is 4.50. The van der Waals surface area contributed by atoms with Gasteiger partial charge in [-0.05, 0) is 30.0 Å². The highest BCUT2D eigenvalue weighted by Gasteiger charge is 2.34. The summed E-state index contributed by atoms with van der Waals surface area (Å²) in [6.07, 6.45) is 2.83. The van der Waals surface area contributed by atoms with Gasteiger partial charge in [0.1, 0.15) is 0 Å². The molecular weight excluding hydrogens is 222 g/mol. The molecule has 0 spiro atoms. The van der Waals surface area contributed by atoms with Gasteiger partial charge in [0, 0.05) is 51.0 Å². The van der Waals surface area contributed by atoms with E-state index in [1.807, 2.05) is 0 Å². The zero-order valence-corrected chi connectivity index (χ0v) is 10.9. The van der Waals surface area contributed by atoms with E-state index in [1.54, 1.807) is 11.1 Å². The molecule has 1 N–H and O–H groups in total. The third-order valence-corrected chi connectivity index (χ3v) is 4.50. The molecule has 1 aliphatic carbocycles. The van der Waals surface area contributed by atoms with E-state index in [2.05, 4.69) is 33.3 Å². The maximum atomic E-state index is 3.44. The van der Waals surface area contributed by atoms with Crippen LogP contribution in [0.4, 0.5) is 5.69 Å². The van der Waals surface area contributed by atoms with Gasteiger partial charge in [-0.1, -0.05) is 12.1 Å². The molecule has 0 unspecified atom stereocenters. The van der Waals surface area contributed by atoms with Crippen LogP contribution in [0.25, 0.3) is 0 Å². The number of rotatable bonds is 2. The van der Waals surface area contributed by atoms with E-state index in [0.29, 0.717) is 0 Å². The molecule has 0 amide bonds. The minimum atomic E-state index is 0.883. The lowest BCUT2D eigenvalue weighted by atomic mass is 10.1. The van der Waals surface area contributed by atoms with E-state index in [9.17, 15) is 0 Å². The second-order valence-corrected chi connectivity index (χ2v) is 5.79. The summed E-state index contributed by atoms with van der Waals surface area (Å²) < 4.78 is 0. The van der Waals surface area contributed by atoms with Crippen LogP contribution in [0.5, 0.6) is 0 Å². The molecule has 2 fully saturated rings. The first-order valence-electron chi connectivity index (χ1n) is 7.22. The van der Waals surface area contributed by atoms with Crippen molar-refractivity contribution in [2.24, 2.45) is 0 Å². The summed E-state index contributed by atoms with van der Waals surface area (Å²) in [6, 6.07) is 7.77. The number of piperazine rings is 1. The number of hydrogen-bond acceptors (Lipinski definition) is 3. The molecule has 1 aromatic rings. The van der Waals surface area contributed by atoms with Crippen molar-refractivity contribution in [1.29, 1.82) is 0 Å². The standard InChI is InChI=1S/C15H21N3/c1-2-12-10-18(13-4-5-13)11-14(12)15(3-1)17-8-6-16-7-9-17/h1-3,13,16H,4-11H2. The summed E-state index contributed by atoms with van der Waals surface area (Å²) in [5, 5.41) is 3.44. The van der Waals surface area contributed by atoms with Gasteiger partial charge in [-0.25, -0.2) is 0 Å². The lowest BCUT2D eigenvalue weighted by Gasteiger charge is -2.31. The predicted molar refractivity (Wildman–Crippen MR) is 73.8 cm³/mol. The quantitative estimate of drug-likeness (QED) is 0.850. The van der Waals surface area contributed by atoms with E-state index in [4.69, 9.17) is 0 Å². The zero-order chi connectivity index (χ0) is 11.9. The van der Waals surface area contributed by atoms with Gasteiger partial charge in [0.05, 0.1) is 0 Å². The van der Waals surface area contributed by atoms with Crippen molar-refractivity contribution >= 4 is 5.69 Å². The van der Waals surface area contributed by atoms with Gasteiger partial charge in [-0.3, -0.25) is 4.90 Å². The highest BCUT2D eigenvalue weighted by molar-refractivity contribution is 5.58. The maximum Gasteiger partial charge on any atom is 0.0416 e. The molecule has 0 bridgehead atoms. The Balaban J connectivity index is 1.62. The molecule has 1 saturated carbocycles. The van der Waals surface area contributed by atoms with Crippen molar-refractivity contribution < 1.29 is 0 Å². The fourth-order valence-corrected chi connectivity index (χ4v) is 3.33. The molecule has 1 aromatic carbocycles. The van der Waals surface area contributed by atoms with E-state index >= 15 is 0 Å². The average molecular weight is 243 g/mol. The number of anilines is 1. The first-order chi connectivity index (χ1) is 8.92. The van der Waals surface area contributed by atoms with E-state index in [0.717, 1.165) is 32.2 Å². The van der Waals surface area contributed by atoms with Crippen molar-refractivity contribution in [1.82, 2.24) is 10.2 Å². The molecule has 96 valence electrons. The molecule has 1 saturated heterocycles. The summed E-state index contributed by atoms with van der Waals surface area (Å²) >= 11 is 0. The molecule has 2 aliphatic heterocycles. The van der Waals surface area contributed by atoms with E-state index in [-0.39, 0.29) is 0 Å². The average Bonchev–Trinajstić information content (AvgIpc) is 3.18. The Labute approximate surface area is 109 Å². The highest BCUT2D eigenvalue weighted by Crippen LogP contribution is 2.38. The normalized spacial score (nSPS) is 24.3. The maximum absolute atomic E-state index is 3.44. The summed E-state index contributed by atoms with van der Waals surface area (Å²) in [7, 11) is 0. The highest BCUT2D eigenvalue weighted by atomic mass is 15.2. The van der Waals surface area contributed by atoms with Gasteiger partial charge in [-0.2, -0.15) is 0 Å². The second-order valence-electron chi connectivity index (χ2n) is 5.79. The van der Waals surface area contributed by atoms with Crippen LogP contribution in [0.1, 0.15) is 24.0 Å². The van der Waals surface area contributed by atoms with Crippen LogP contribution in [-0.2, 0) is 13.1 Å². The summed E-state index contributed by atoms with van der Waals surface area (Å²) in [5.41, 5.74) is 4.67. The van der Waals surface area contributed by atoms with Crippen LogP contribution in [0.2, 0.25) is 0 Å². The zero-order valence-electron chi connectivity index (χ0n) is 10.9. The first kappa shape index (κ1) is 10.8. The van der Waals surface area contributed by atoms with Crippen LogP contribution in [0, 0.1) is 0 Å². The minimum absolute atomic E-state index is 0.883. The molecule has 0 atom stereocenters. The molecular formula is C15H21N3. The van der Waals surface area contributed by atoms with Crippen LogP contribution in [0.15, 0.2) is 18.2 Å². The Morgan fingerprint density at radius 1 is 1.06 bits per heavy atom. The number of hydrogen-bond donors (Lipinski definition) is 1. The summed E-state index contributed by atoms with van der Waals surface area (Å²) in [6.45, 7) is 6.91. The largest absolute Gasteiger partial charge is 0.369 e. The van der Waals surface area contributed by atoms with Crippen LogP contribution in [-0.4, -0.2) is 37.1 Å². The molecule has 2 heterocycles. The summed E-state index contributed by atoms with van der Waals surface area (Å²) in [5.74, 6) is 0.